The zero-order valence-electron chi connectivity index (χ0n) is 19.9. The Balaban J connectivity index is 1.16. The van der Waals surface area contributed by atoms with Crippen LogP contribution < -0.4 is 14.8 Å². The summed E-state index contributed by atoms with van der Waals surface area (Å²) in [5.74, 6) is 2.14. The standard InChI is InChI=1S/C28H31N5O2/c1-2-16-32(15-1)17-4-6-21-9-12-23(13-10-21)29-28-30-27-8-3-7-24(33(27)31-28)22-11-14-25-26(20-22)35-19-5-18-34-25/h3,7-14,20H,1-2,4-6,15-19H2,(H,29,31). The Labute approximate surface area is 205 Å². The van der Waals surface area contributed by atoms with Gasteiger partial charge in [0.15, 0.2) is 17.1 Å². The molecular formula is C28H31N5O2. The van der Waals surface area contributed by atoms with Gasteiger partial charge in [0.05, 0.1) is 18.9 Å². The Hall–Kier alpha value is -3.58. The number of likely N-dealkylation sites (tertiary alicyclic amines) is 1. The third-order valence-electron chi connectivity index (χ3n) is 6.75. The number of rotatable bonds is 7. The zero-order valence-corrected chi connectivity index (χ0v) is 19.9. The van der Waals surface area contributed by atoms with E-state index < -0.39 is 0 Å². The lowest BCUT2D eigenvalue weighted by Crippen LogP contribution is -2.20. The molecule has 2 aliphatic rings. The van der Waals surface area contributed by atoms with Gasteiger partial charge in [-0.1, -0.05) is 18.2 Å². The van der Waals surface area contributed by atoms with E-state index in [1.165, 1.54) is 44.5 Å². The summed E-state index contributed by atoms with van der Waals surface area (Å²) >= 11 is 0. The molecule has 0 radical (unpaired) electrons. The highest BCUT2D eigenvalue weighted by molar-refractivity contribution is 5.67. The van der Waals surface area contributed by atoms with Crippen molar-refractivity contribution in [2.24, 2.45) is 0 Å². The molecule has 0 spiro atoms. The lowest BCUT2D eigenvalue weighted by atomic mass is 10.1. The second-order valence-corrected chi connectivity index (χ2v) is 9.30. The zero-order chi connectivity index (χ0) is 23.5. The monoisotopic (exact) mass is 469 g/mol. The summed E-state index contributed by atoms with van der Waals surface area (Å²) in [7, 11) is 0. The molecule has 2 aliphatic heterocycles. The molecule has 0 aliphatic carbocycles. The molecule has 4 aromatic rings. The van der Waals surface area contributed by atoms with Gasteiger partial charge in [0.2, 0.25) is 5.95 Å². The fourth-order valence-electron chi connectivity index (χ4n) is 4.90. The number of nitrogens with zero attached hydrogens (tertiary/aromatic N) is 4. The summed E-state index contributed by atoms with van der Waals surface area (Å²) in [5.41, 5.74) is 5.10. The lowest BCUT2D eigenvalue weighted by Gasteiger charge is -2.14. The highest BCUT2D eigenvalue weighted by Crippen LogP contribution is 2.34. The van der Waals surface area contributed by atoms with Crippen LogP contribution in [0.3, 0.4) is 0 Å². The fraction of sp³-hybridized carbons (Fsp3) is 0.357. The van der Waals surface area contributed by atoms with Gasteiger partial charge in [-0.3, -0.25) is 0 Å². The quantitative estimate of drug-likeness (QED) is 0.395. The number of aryl methyl sites for hydroxylation is 1. The average molecular weight is 470 g/mol. The van der Waals surface area contributed by atoms with Gasteiger partial charge in [0.25, 0.3) is 0 Å². The van der Waals surface area contributed by atoms with Crippen molar-refractivity contribution in [2.45, 2.75) is 32.1 Å². The molecule has 0 bridgehead atoms. The minimum Gasteiger partial charge on any atom is -0.490 e. The molecule has 0 atom stereocenters. The van der Waals surface area contributed by atoms with Crippen LogP contribution in [0.1, 0.15) is 31.2 Å². The van der Waals surface area contributed by atoms with Gasteiger partial charge < -0.3 is 19.7 Å². The van der Waals surface area contributed by atoms with Crippen LogP contribution in [0.25, 0.3) is 16.9 Å². The molecule has 2 aromatic carbocycles. The molecule has 7 nitrogen and oxygen atoms in total. The maximum atomic E-state index is 5.88. The van der Waals surface area contributed by atoms with Crippen LogP contribution >= 0.6 is 0 Å². The summed E-state index contributed by atoms with van der Waals surface area (Å²) in [6.45, 7) is 5.09. The highest BCUT2D eigenvalue weighted by atomic mass is 16.5. The van der Waals surface area contributed by atoms with Gasteiger partial charge in [0, 0.05) is 17.7 Å². The third-order valence-corrected chi connectivity index (χ3v) is 6.75. The Bertz CT molecular complexity index is 1290. The number of anilines is 2. The number of pyridine rings is 1. The maximum Gasteiger partial charge on any atom is 0.247 e. The van der Waals surface area contributed by atoms with Gasteiger partial charge in [-0.2, -0.15) is 4.98 Å². The van der Waals surface area contributed by atoms with Gasteiger partial charge >= 0.3 is 0 Å². The molecule has 4 heterocycles. The van der Waals surface area contributed by atoms with Gasteiger partial charge in [-0.15, -0.1) is 5.10 Å². The van der Waals surface area contributed by atoms with Crippen molar-refractivity contribution < 1.29 is 9.47 Å². The summed E-state index contributed by atoms with van der Waals surface area (Å²) in [6, 6.07) is 20.7. The molecule has 2 aromatic heterocycles. The number of benzene rings is 2. The first-order chi connectivity index (χ1) is 17.3. The van der Waals surface area contributed by atoms with E-state index in [1.54, 1.807) is 0 Å². The Morgan fingerprint density at radius 2 is 1.69 bits per heavy atom. The van der Waals surface area contributed by atoms with E-state index in [2.05, 4.69) is 34.5 Å². The molecule has 0 saturated carbocycles. The molecule has 0 unspecified atom stereocenters. The molecule has 7 heteroatoms. The Kier molecular flexibility index (Phi) is 6.24. The number of ether oxygens (including phenoxy) is 2. The van der Waals surface area contributed by atoms with Crippen LogP contribution in [0, 0.1) is 0 Å². The molecule has 1 fully saturated rings. The Morgan fingerprint density at radius 3 is 2.54 bits per heavy atom. The van der Waals surface area contributed by atoms with Crippen LogP contribution in [0.15, 0.2) is 60.7 Å². The van der Waals surface area contributed by atoms with E-state index >= 15 is 0 Å². The van der Waals surface area contributed by atoms with Gasteiger partial charge in [-0.25, -0.2) is 4.52 Å². The van der Waals surface area contributed by atoms with Crippen LogP contribution in [0.2, 0.25) is 0 Å². The molecule has 0 amide bonds. The van der Waals surface area contributed by atoms with E-state index in [1.807, 2.05) is 40.9 Å². The second-order valence-electron chi connectivity index (χ2n) is 9.30. The number of hydrogen-bond acceptors (Lipinski definition) is 6. The molecule has 35 heavy (non-hydrogen) atoms. The summed E-state index contributed by atoms with van der Waals surface area (Å²) in [5, 5.41) is 8.11. The number of hydrogen-bond donors (Lipinski definition) is 1. The van der Waals surface area contributed by atoms with Crippen molar-refractivity contribution >= 4 is 17.3 Å². The summed E-state index contributed by atoms with van der Waals surface area (Å²) < 4.78 is 13.5. The third kappa shape index (κ3) is 4.95. The van der Waals surface area contributed by atoms with Crippen molar-refractivity contribution in [3.05, 3.63) is 66.2 Å². The van der Waals surface area contributed by atoms with Gasteiger partial charge in [-0.05, 0) is 93.3 Å². The minimum atomic E-state index is 0.577. The van der Waals surface area contributed by atoms with Crippen molar-refractivity contribution in [1.82, 2.24) is 19.5 Å². The molecule has 1 saturated heterocycles. The van der Waals surface area contributed by atoms with Crippen molar-refractivity contribution in [3.63, 3.8) is 0 Å². The maximum absolute atomic E-state index is 5.88. The molecule has 6 rings (SSSR count). The smallest absolute Gasteiger partial charge is 0.247 e. The number of nitrogens with one attached hydrogen (secondary N) is 1. The SMILES string of the molecule is c1cc(-c2ccc3c(c2)OCCCO3)n2nc(Nc3ccc(CCCN4CCCC4)cc3)nc2c1. The Morgan fingerprint density at radius 1 is 0.857 bits per heavy atom. The lowest BCUT2D eigenvalue weighted by molar-refractivity contribution is 0.297. The average Bonchev–Trinajstić information content (AvgIpc) is 3.49. The van der Waals surface area contributed by atoms with Crippen molar-refractivity contribution in [1.29, 1.82) is 0 Å². The first kappa shape index (κ1) is 21.9. The van der Waals surface area contributed by atoms with Crippen LogP contribution in [-0.2, 0) is 6.42 Å². The summed E-state index contributed by atoms with van der Waals surface area (Å²) in [4.78, 5) is 7.27. The fourth-order valence-corrected chi connectivity index (χ4v) is 4.90. The molecule has 180 valence electrons. The summed E-state index contributed by atoms with van der Waals surface area (Å²) in [6.07, 6.45) is 5.92. The minimum absolute atomic E-state index is 0.577. The molecule has 1 N–H and O–H groups in total. The van der Waals surface area contributed by atoms with E-state index in [0.29, 0.717) is 19.2 Å². The van der Waals surface area contributed by atoms with E-state index in [0.717, 1.165) is 46.9 Å². The number of aromatic nitrogens is 3. The van der Waals surface area contributed by atoms with Crippen LogP contribution in [0.4, 0.5) is 11.6 Å². The van der Waals surface area contributed by atoms with E-state index in [9.17, 15) is 0 Å². The van der Waals surface area contributed by atoms with Crippen molar-refractivity contribution in [3.8, 4) is 22.8 Å². The first-order valence-electron chi connectivity index (χ1n) is 12.7. The predicted octanol–water partition coefficient (Wildman–Crippen LogP) is 5.33. The number of fused-ring (bicyclic) bond motifs is 2. The topological polar surface area (TPSA) is 63.9 Å². The molecular weight excluding hydrogens is 438 g/mol. The predicted molar refractivity (Wildman–Crippen MR) is 138 cm³/mol. The normalized spacial score (nSPS) is 15.9. The highest BCUT2D eigenvalue weighted by Gasteiger charge is 2.15. The van der Waals surface area contributed by atoms with E-state index in [-0.39, 0.29) is 0 Å². The van der Waals surface area contributed by atoms with Crippen LogP contribution in [-0.4, -0.2) is 52.3 Å². The first-order valence-corrected chi connectivity index (χ1v) is 12.7. The van der Waals surface area contributed by atoms with Crippen LogP contribution in [0.5, 0.6) is 11.5 Å². The second kappa shape index (κ2) is 9.96. The largest absolute Gasteiger partial charge is 0.490 e. The van der Waals surface area contributed by atoms with E-state index in [4.69, 9.17) is 19.6 Å². The van der Waals surface area contributed by atoms with Crippen molar-refractivity contribution in [2.75, 3.05) is 38.2 Å². The van der Waals surface area contributed by atoms with Gasteiger partial charge in [0.1, 0.15) is 0 Å².